The van der Waals surface area contributed by atoms with E-state index in [1.807, 2.05) is 13.8 Å². The van der Waals surface area contributed by atoms with E-state index in [0.717, 1.165) is 6.20 Å². The summed E-state index contributed by atoms with van der Waals surface area (Å²) in [5.41, 5.74) is -0.528. The molecular weight excluding hydrogens is 391 g/mol. The predicted molar refractivity (Wildman–Crippen MR) is 92.5 cm³/mol. The highest BCUT2D eigenvalue weighted by Gasteiger charge is 2.14. The Morgan fingerprint density at radius 2 is 1.46 bits per heavy atom. The third kappa shape index (κ3) is 7.03. The number of hydrogen-bond donors (Lipinski definition) is 2. The molecule has 26 heavy (non-hydrogen) atoms. The van der Waals surface area contributed by atoms with Gasteiger partial charge in [-0.05, 0) is 0 Å². The second-order valence-electron chi connectivity index (χ2n) is 3.71. The minimum Gasteiger partial charge on any atom is -0.480 e. The van der Waals surface area contributed by atoms with Gasteiger partial charge in [0.1, 0.15) is 0 Å². The summed E-state index contributed by atoms with van der Waals surface area (Å²) in [6.45, 7) is 4.00. The fourth-order valence-corrected chi connectivity index (χ4v) is 1.57. The van der Waals surface area contributed by atoms with Crippen LogP contribution in [0.2, 0.25) is 10.3 Å². The molecule has 2 N–H and O–H groups in total. The van der Waals surface area contributed by atoms with Crippen molar-refractivity contribution in [2.75, 3.05) is 14.2 Å². The topological polar surface area (TPSA) is 145 Å². The molecule has 2 heterocycles. The van der Waals surface area contributed by atoms with Crippen molar-refractivity contribution in [3.05, 3.63) is 34.1 Å². The van der Waals surface area contributed by atoms with Gasteiger partial charge in [0.05, 0.1) is 26.6 Å². The molecule has 0 atom stereocenters. The van der Waals surface area contributed by atoms with Gasteiger partial charge >= 0.3 is 11.9 Å². The summed E-state index contributed by atoms with van der Waals surface area (Å²) in [5, 5.41) is 17.0. The number of carboxylic acid groups (broad SMARTS) is 2. The first-order valence-corrected chi connectivity index (χ1v) is 7.65. The fourth-order valence-electron chi connectivity index (χ4n) is 1.23. The zero-order chi connectivity index (χ0) is 20.3. The van der Waals surface area contributed by atoms with Gasteiger partial charge in [0.25, 0.3) is 0 Å². The van der Waals surface area contributed by atoms with Crippen molar-refractivity contribution < 1.29 is 29.3 Å². The number of rotatable bonds is 4. The van der Waals surface area contributed by atoms with E-state index in [2.05, 4.69) is 29.4 Å². The highest BCUT2D eigenvalue weighted by atomic mass is 35.5. The van der Waals surface area contributed by atoms with Crippen LogP contribution in [0.3, 0.4) is 0 Å². The summed E-state index contributed by atoms with van der Waals surface area (Å²) < 4.78 is 9.33. The molecule has 0 aliphatic carbocycles. The van der Waals surface area contributed by atoms with Gasteiger partial charge < -0.3 is 19.7 Å². The Morgan fingerprint density at radius 3 is 1.88 bits per heavy atom. The molecule has 2 aromatic heterocycles. The average molecular weight is 407 g/mol. The summed E-state index contributed by atoms with van der Waals surface area (Å²) in [6.07, 6.45) is 2.34. The lowest BCUT2D eigenvalue weighted by Gasteiger charge is -2.01. The third-order valence-electron chi connectivity index (χ3n) is 2.23. The molecule has 0 aliphatic rings. The Hall–Kier alpha value is -2.72. The number of carbonyl (C=O) groups is 2. The fraction of sp³-hybridized carbons (Fsp3) is 0.286. The van der Waals surface area contributed by atoms with Crippen LogP contribution in [0, 0.1) is 0 Å². The van der Waals surface area contributed by atoms with Gasteiger partial charge in [0.15, 0.2) is 16.0 Å². The maximum atomic E-state index is 10.5. The van der Waals surface area contributed by atoms with Crippen LogP contribution in [0.1, 0.15) is 34.8 Å². The quantitative estimate of drug-likeness (QED) is 0.776. The second kappa shape index (κ2) is 11.8. The molecule has 0 unspecified atom stereocenters. The van der Waals surface area contributed by atoms with Crippen LogP contribution in [0.15, 0.2) is 12.4 Å². The maximum absolute atomic E-state index is 10.5. The van der Waals surface area contributed by atoms with Gasteiger partial charge in [-0.3, -0.25) is 0 Å². The van der Waals surface area contributed by atoms with Gasteiger partial charge in [-0.15, -0.1) is 0 Å². The molecule has 0 radical (unpaired) electrons. The molecule has 0 bridgehead atoms. The zero-order valence-electron chi connectivity index (χ0n) is 14.2. The molecule has 2 aromatic rings. The largest absolute Gasteiger partial charge is 0.480 e. The van der Waals surface area contributed by atoms with Gasteiger partial charge in [-0.1, -0.05) is 37.0 Å². The molecule has 142 valence electrons. The molecule has 0 saturated heterocycles. The smallest absolute Gasteiger partial charge is 0.360 e. The number of hydrogen-bond acceptors (Lipinski definition) is 8. The van der Waals surface area contributed by atoms with E-state index in [0.29, 0.717) is 0 Å². The molecular formula is C14H16Cl2N4O6. The first-order valence-electron chi connectivity index (χ1n) is 6.89. The van der Waals surface area contributed by atoms with E-state index in [4.69, 9.17) is 33.4 Å². The average Bonchev–Trinajstić information content (AvgIpc) is 2.63. The Kier molecular flexibility index (Phi) is 10.5. The molecule has 12 heteroatoms. The summed E-state index contributed by atoms with van der Waals surface area (Å²) in [7, 11) is 2.69. The number of methoxy groups -OCH3 is 2. The van der Waals surface area contributed by atoms with Gasteiger partial charge in [0, 0.05) is 0 Å². The SMILES string of the molecule is CC.COc1cnc(C(=O)O)c(Cl)n1.COc1nc(Cl)cnc1C(=O)O. The number of aromatic nitrogens is 4. The number of halogens is 2. The summed E-state index contributed by atoms with van der Waals surface area (Å²) in [4.78, 5) is 35.1. The van der Waals surface area contributed by atoms with E-state index in [-0.39, 0.29) is 33.5 Å². The predicted octanol–water partition coefficient (Wildman–Crippen LogP) is 2.70. The maximum Gasteiger partial charge on any atom is 0.360 e. The van der Waals surface area contributed by atoms with Crippen LogP contribution >= 0.6 is 23.2 Å². The first kappa shape index (κ1) is 23.3. The van der Waals surface area contributed by atoms with E-state index >= 15 is 0 Å². The Morgan fingerprint density at radius 1 is 0.923 bits per heavy atom. The second-order valence-corrected chi connectivity index (χ2v) is 4.46. The Labute approximate surface area is 158 Å². The van der Waals surface area contributed by atoms with Crippen molar-refractivity contribution in [1.29, 1.82) is 0 Å². The first-order chi connectivity index (χ1) is 12.3. The summed E-state index contributed by atoms with van der Waals surface area (Å²) >= 11 is 10.9. The normalized spacial score (nSPS) is 9.00. The lowest BCUT2D eigenvalue weighted by Crippen LogP contribution is -2.05. The van der Waals surface area contributed by atoms with E-state index in [1.165, 1.54) is 20.4 Å². The minimum absolute atomic E-state index is 0.0880. The molecule has 0 aromatic carbocycles. The molecule has 2 rings (SSSR count). The van der Waals surface area contributed by atoms with Gasteiger partial charge in [-0.25, -0.2) is 19.6 Å². The molecule has 0 saturated carbocycles. The van der Waals surface area contributed by atoms with Crippen molar-refractivity contribution in [1.82, 2.24) is 19.9 Å². The van der Waals surface area contributed by atoms with Crippen LogP contribution < -0.4 is 9.47 Å². The van der Waals surface area contributed by atoms with Crippen molar-refractivity contribution >= 4 is 35.1 Å². The van der Waals surface area contributed by atoms with Crippen LogP contribution in [-0.4, -0.2) is 56.3 Å². The number of aromatic carboxylic acids is 2. The van der Waals surface area contributed by atoms with Gasteiger partial charge in [-0.2, -0.15) is 9.97 Å². The lowest BCUT2D eigenvalue weighted by atomic mass is 10.4. The molecule has 0 spiro atoms. The number of nitrogens with zero attached hydrogens (tertiary/aromatic N) is 4. The molecule has 0 fully saturated rings. The van der Waals surface area contributed by atoms with Crippen molar-refractivity contribution in [3.63, 3.8) is 0 Å². The molecule has 0 amide bonds. The van der Waals surface area contributed by atoms with Crippen molar-refractivity contribution in [2.24, 2.45) is 0 Å². The third-order valence-corrected chi connectivity index (χ3v) is 2.67. The van der Waals surface area contributed by atoms with Crippen LogP contribution in [0.5, 0.6) is 11.8 Å². The summed E-state index contributed by atoms with van der Waals surface area (Å²) in [5.74, 6) is -2.31. The summed E-state index contributed by atoms with van der Waals surface area (Å²) in [6, 6.07) is 0. The zero-order valence-corrected chi connectivity index (χ0v) is 15.7. The van der Waals surface area contributed by atoms with Crippen LogP contribution in [0.4, 0.5) is 0 Å². The highest BCUT2D eigenvalue weighted by Crippen LogP contribution is 2.15. The van der Waals surface area contributed by atoms with E-state index in [9.17, 15) is 9.59 Å². The Balaban J connectivity index is 0.000000439. The minimum atomic E-state index is -1.21. The standard InChI is InChI=1S/2C6H5ClN2O3.C2H6/c1-12-3-2-8-4(6(10)11)5(7)9-3;1-12-5-4(6(10)11)8-2-3(7)9-5;1-2/h2*2H,1H3,(H,10,11);1-2H3. The van der Waals surface area contributed by atoms with Gasteiger partial charge in [0.2, 0.25) is 17.5 Å². The van der Waals surface area contributed by atoms with Crippen LogP contribution in [-0.2, 0) is 0 Å². The van der Waals surface area contributed by atoms with Crippen molar-refractivity contribution in [2.45, 2.75) is 13.8 Å². The van der Waals surface area contributed by atoms with Crippen LogP contribution in [0.25, 0.3) is 0 Å². The molecule has 0 aliphatic heterocycles. The number of ether oxygens (including phenoxy) is 2. The molecule has 10 nitrogen and oxygen atoms in total. The lowest BCUT2D eigenvalue weighted by molar-refractivity contribution is 0.0676. The monoisotopic (exact) mass is 406 g/mol. The highest BCUT2D eigenvalue weighted by molar-refractivity contribution is 6.32. The number of carboxylic acids is 2. The van der Waals surface area contributed by atoms with E-state index < -0.39 is 11.9 Å². The Bertz CT molecular complexity index is 760. The van der Waals surface area contributed by atoms with Crippen molar-refractivity contribution in [3.8, 4) is 11.8 Å². The van der Waals surface area contributed by atoms with E-state index in [1.54, 1.807) is 0 Å².